The van der Waals surface area contributed by atoms with Crippen molar-refractivity contribution in [3.63, 3.8) is 0 Å². The van der Waals surface area contributed by atoms with Crippen LogP contribution in [0.2, 0.25) is 0 Å². The lowest BCUT2D eigenvalue weighted by molar-refractivity contribution is 0.364. The van der Waals surface area contributed by atoms with Crippen LogP contribution < -0.4 is 10.6 Å². The molecule has 1 fully saturated rings. The van der Waals surface area contributed by atoms with E-state index in [1.807, 2.05) is 29.2 Å². The molecular weight excluding hydrogens is 167 g/mol. The molecule has 0 saturated carbocycles. The van der Waals surface area contributed by atoms with E-state index < -0.39 is 6.17 Å². The van der Waals surface area contributed by atoms with Gasteiger partial charge in [-0.05, 0) is 30.7 Å². The number of halogens is 1. The molecule has 70 valence electrons. The molecule has 1 aliphatic heterocycles. The Morgan fingerprint density at radius 3 is 2.54 bits per heavy atom. The summed E-state index contributed by atoms with van der Waals surface area (Å²) >= 11 is 0. The van der Waals surface area contributed by atoms with E-state index in [-0.39, 0.29) is 0 Å². The van der Waals surface area contributed by atoms with Crippen molar-refractivity contribution in [2.24, 2.45) is 0 Å². The van der Waals surface area contributed by atoms with Crippen LogP contribution in [0.3, 0.4) is 0 Å². The molecule has 0 spiro atoms. The fraction of sp³-hybridized carbons (Fsp3) is 0.400. The number of benzene rings is 1. The second-order valence-corrected chi connectivity index (χ2v) is 3.42. The molecule has 2 nitrogen and oxygen atoms in total. The van der Waals surface area contributed by atoms with Crippen molar-refractivity contribution in [3.05, 3.63) is 24.3 Å². The minimum atomic E-state index is -0.669. The Hall–Kier alpha value is -1.25. The molecule has 1 aromatic carbocycles. The molecule has 2 rings (SSSR count). The van der Waals surface area contributed by atoms with Gasteiger partial charge in [0.05, 0.1) is 0 Å². The topological polar surface area (TPSA) is 29.3 Å². The van der Waals surface area contributed by atoms with Crippen LogP contribution in [-0.2, 0) is 0 Å². The average Bonchev–Trinajstić information content (AvgIpc) is 2.53. The SMILES string of the molecule is Nc1ccc(N2CCC(F)C2)cc1. The van der Waals surface area contributed by atoms with Gasteiger partial charge in [0.25, 0.3) is 0 Å². The lowest BCUT2D eigenvalue weighted by atomic mass is 10.2. The van der Waals surface area contributed by atoms with E-state index >= 15 is 0 Å². The minimum Gasteiger partial charge on any atom is -0.399 e. The van der Waals surface area contributed by atoms with Crippen LogP contribution in [0.1, 0.15) is 6.42 Å². The van der Waals surface area contributed by atoms with Gasteiger partial charge in [0.2, 0.25) is 0 Å². The fourth-order valence-electron chi connectivity index (χ4n) is 1.64. The van der Waals surface area contributed by atoms with E-state index in [9.17, 15) is 4.39 Å². The van der Waals surface area contributed by atoms with E-state index in [0.717, 1.165) is 17.9 Å². The zero-order valence-corrected chi connectivity index (χ0v) is 7.41. The second kappa shape index (κ2) is 3.24. The van der Waals surface area contributed by atoms with Gasteiger partial charge in [0, 0.05) is 24.5 Å². The number of nitrogen functional groups attached to an aromatic ring is 1. The van der Waals surface area contributed by atoms with Gasteiger partial charge in [-0.15, -0.1) is 0 Å². The highest BCUT2D eigenvalue weighted by Gasteiger charge is 2.21. The first-order valence-corrected chi connectivity index (χ1v) is 4.50. The number of hydrogen-bond acceptors (Lipinski definition) is 2. The summed E-state index contributed by atoms with van der Waals surface area (Å²) in [5.41, 5.74) is 7.37. The summed E-state index contributed by atoms with van der Waals surface area (Å²) in [4.78, 5) is 2.05. The van der Waals surface area contributed by atoms with Gasteiger partial charge in [0.15, 0.2) is 0 Å². The number of rotatable bonds is 1. The largest absolute Gasteiger partial charge is 0.399 e. The molecule has 0 aliphatic carbocycles. The van der Waals surface area contributed by atoms with Crippen molar-refractivity contribution in [3.8, 4) is 0 Å². The Labute approximate surface area is 77.2 Å². The molecular formula is C10H13FN2. The number of nitrogens with two attached hydrogens (primary N) is 1. The number of alkyl halides is 1. The maximum absolute atomic E-state index is 12.9. The highest BCUT2D eigenvalue weighted by molar-refractivity contribution is 5.53. The van der Waals surface area contributed by atoms with Gasteiger partial charge in [-0.25, -0.2) is 4.39 Å². The highest BCUT2D eigenvalue weighted by atomic mass is 19.1. The average molecular weight is 180 g/mol. The van der Waals surface area contributed by atoms with Gasteiger partial charge in [-0.1, -0.05) is 0 Å². The Bertz CT molecular complexity index is 283. The normalized spacial score (nSPS) is 22.2. The van der Waals surface area contributed by atoms with Gasteiger partial charge in [-0.3, -0.25) is 0 Å². The van der Waals surface area contributed by atoms with Crippen LogP contribution in [-0.4, -0.2) is 19.3 Å². The molecule has 0 aromatic heterocycles. The fourth-order valence-corrected chi connectivity index (χ4v) is 1.64. The van der Waals surface area contributed by atoms with E-state index in [4.69, 9.17) is 5.73 Å². The second-order valence-electron chi connectivity index (χ2n) is 3.42. The Balaban J connectivity index is 2.13. The lowest BCUT2D eigenvalue weighted by Crippen LogP contribution is -2.19. The molecule has 1 atom stereocenters. The Morgan fingerprint density at radius 2 is 2.00 bits per heavy atom. The van der Waals surface area contributed by atoms with E-state index in [0.29, 0.717) is 13.0 Å². The predicted octanol–water partition coefficient (Wildman–Crippen LogP) is 1.82. The van der Waals surface area contributed by atoms with Gasteiger partial charge in [0.1, 0.15) is 6.17 Å². The highest BCUT2D eigenvalue weighted by Crippen LogP contribution is 2.22. The summed E-state index contributed by atoms with van der Waals surface area (Å²) < 4.78 is 12.9. The maximum Gasteiger partial charge on any atom is 0.119 e. The molecule has 1 aliphatic rings. The zero-order chi connectivity index (χ0) is 9.26. The standard InChI is InChI=1S/C10H13FN2/c11-8-5-6-13(7-8)10-3-1-9(12)2-4-10/h1-4,8H,5-7,12H2. The van der Waals surface area contributed by atoms with Crippen molar-refractivity contribution in [2.75, 3.05) is 23.7 Å². The number of hydrogen-bond donors (Lipinski definition) is 1. The third-order valence-electron chi connectivity index (χ3n) is 2.39. The first-order valence-electron chi connectivity index (χ1n) is 4.50. The van der Waals surface area contributed by atoms with E-state index in [2.05, 4.69) is 0 Å². The Kier molecular flexibility index (Phi) is 2.08. The van der Waals surface area contributed by atoms with Gasteiger partial charge < -0.3 is 10.6 Å². The first kappa shape index (κ1) is 8.35. The van der Waals surface area contributed by atoms with Crippen molar-refractivity contribution < 1.29 is 4.39 Å². The molecule has 0 bridgehead atoms. The summed E-state index contributed by atoms with van der Waals surface area (Å²) in [6.07, 6.45) is -0.0257. The summed E-state index contributed by atoms with van der Waals surface area (Å²) in [6.45, 7) is 1.33. The van der Waals surface area contributed by atoms with Crippen LogP contribution in [0.4, 0.5) is 15.8 Å². The van der Waals surface area contributed by atoms with Crippen molar-refractivity contribution in [1.29, 1.82) is 0 Å². The molecule has 13 heavy (non-hydrogen) atoms. The van der Waals surface area contributed by atoms with Crippen molar-refractivity contribution in [2.45, 2.75) is 12.6 Å². The van der Waals surface area contributed by atoms with Crippen LogP contribution in [0.5, 0.6) is 0 Å². The smallest absolute Gasteiger partial charge is 0.119 e. The molecule has 2 N–H and O–H groups in total. The van der Waals surface area contributed by atoms with Crippen LogP contribution in [0.15, 0.2) is 24.3 Å². The third kappa shape index (κ3) is 1.74. The predicted molar refractivity (Wildman–Crippen MR) is 52.6 cm³/mol. The summed E-state index contributed by atoms with van der Waals surface area (Å²) in [5, 5.41) is 0. The molecule has 0 radical (unpaired) electrons. The Morgan fingerprint density at radius 1 is 1.31 bits per heavy atom. The first-order chi connectivity index (χ1) is 6.25. The van der Waals surface area contributed by atoms with Gasteiger partial charge >= 0.3 is 0 Å². The molecule has 1 saturated heterocycles. The number of anilines is 2. The minimum absolute atomic E-state index is 0.518. The maximum atomic E-state index is 12.9. The summed E-state index contributed by atoms with van der Waals surface area (Å²) in [6, 6.07) is 7.57. The monoisotopic (exact) mass is 180 g/mol. The molecule has 0 amide bonds. The number of nitrogens with zero attached hydrogens (tertiary/aromatic N) is 1. The van der Waals surface area contributed by atoms with Gasteiger partial charge in [-0.2, -0.15) is 0 Å². The van der Waals surface area contributed by atoms with E-state index in [1.165, 1.54) is 0 Å². The zero-order valence-electron chi connectivity index (χ0n) is 7.41. The van der Waals surface area contributed by atoms with Crippen LogP contribution in [0, 0.1) is 0 Å². The lowest BCUT2D eigenvalue weighted by Gasteiger charge is -2.17. The summed E-state index contributed by atoms with van der Waals surface area (Å²) in [5.74, 6) is 0. The van der Waals surface area contributed by atoms with Crippen LogP contribution >= 0.6 is 0 Å². The third-order valence-corrected chi connectivity index (χ3v) is 2.39. The molecule has 3 heteroatoms. The molecule has 1 aromatic rings. The van der Waals surface area contributed by atoms with Crippen LogP contribution in [0.25, 0.3) is 0 Å². The summed E-state index contributed by atoms with van der Waals surface area (Å²) in [7, 11) is 0. The quantitative estimate of drug-likeness (QED) is 0.668. The van der Waals surface area contributed by atoms with Crippen molar-refractivity contribution >= 4 is 11.4 Å². The molecule has 1 unspecified atom stereocenters. The molecule has 1 heterocycles. The van der Waals surface area contributed by atoms with E-state index in [1.54, 1.807) is 0 Å². The van der Waals surface area contributed by atoms with Crippen molar-refractivity contribution in [1.82, 2.24) is 0 Å².